The molecule has 2 aromatic rings. The summed E-state index contributed by atoms with van der Waals surface area (Å²) in [5.74, 6) is 2.33. The first-order chi connectivity index (χ1) is 10.7. The summed E-state index contributed by atoms with van der Waals surface area (Å²) in [6, 6.07) is 13.3. The molecule has 0 aromatic heterocycles. The molecule has 22 heavy (non-hydrogen) atoms. The zero-order chi connectivity index (χ0) is 15.9. The summed E-state index contributed by atoms with van der Waals surface area (Å²) in [7, 11) is 3.26. The molecular weight excluding hydrogens is 278 g/mol. The monoisotopic (exact) mass is 301 g/mol. The lowest BCUT2D eigenvalue weighted by atomic mass is 9.98. The van der Waals surface area contributed by atoms with E-state index in [0.29, 0.717) is 0 Å². The van der Waals surface area contributed by atoms with E-state index < -0.39 is 0 Å². The molecule has 0 aliphatic rings. The van der Waals surface area contributed by atoms with Gasteiger partial charge in [0.15, 0.2) is 0 Å². The molecule has 4 nitrogen and oxygen atoms in total. The average Bonchev–Trinajstić information content (AvgIpc) is 2.59. The first kappa shape index (κ1) is 16.2. The van der Waals surface area contributed by atoms with Crippen LogP contribution in [0, 0.1) is 0 Å². The molecule has 0 aliphatic heterocycles. The van der Waals surface area contributed by atoms with Crippen molar-refractivity contribution in [3.8, 4) is 17.2 Å². The SMILES string of the molecule is CCCOc1ccc(C(N)c2ccc(OC)cc2OC)cc1. The van der Waals surface area contributed by atoms with Gasteiger partial charge in [0.25, 0.3) is 0 Å². The molecular formula is C18H23NO3. The molecule has 2 N–H and O–H groups in total. The molecule has 4 heteroatoms. The van der Waals surface area contributed by atoms with Crippen LogP contribution in [0.3, 0.4) is 0 Å². The first-order valence-corrected chi connectivity index (χ1v) is 7.39. The van der Waals surface area contributed by atoms with Crippen LogP contribution >= 0.6 is 0 Å². The van der Waals surface area contributed by atoms with Crippen molar-refractivity contribution in [2.24, 2.45) is 5.73 Å². The second kappa shape index (κ2) is 7.71. The smallest absolute Gasteiger partial charge is 0.127 e. The minimum atomic E-state index is -0.263. The van der Waals surface area contributed by atoms with Crippen LogP contribution in [0.4, 0.5) is 0 Å². The van der Waals surface area contributed by atoms with Crippen molar-refractivity contribution >= 4 is 0 Å². The predicted molar refractivity (Wildman–Crippen MR) is 87.8 cm³/mol. The highest BCUT2D eigenvalue weighted by Crippen LogP contribution is 2.32. The van der Waals surface area contributed by atoms with E-state index in [1.165, 1.54) is 0 Å². The second-order valence-corrected chi connectivity index (χ2v) is 5.00. The van der Waals surface area contributed by atoms with E-state index >= 15 is 0 Å². The lowest BCUT2D eigenvalue weighted by Gasteiger charge is -2.17. The molecule has 0 saturated carbocycles. The van der Waals surface area contributed by atoms with Crippen molar-refractivity contribution < 1.29 is 14.2 Å². The highest BCUT2D eigenvalue weighted by Gasteiger charge is 2.15. The van der Waals surface area contributed by atoms with E-state index in [0.717, 1.165) is 41.4 Å². The maximum atomic E-state index is 6.37. The second-order valence-electron chi connectivity index (χ2n) is 5.00. The molecule has 2 rings (SSSR count). The van der Waals surface area contributed by atoms with Crippen molar-refractivity contribution in [2.75, 3.05) is 20.8 Å². The largest absolute Gasteiger partial charge is 0.497 e. The minimum Gasteiger partial charge on any atom is -0.497 e. The molecule has 2 aromatic carbocycles. The van der Waals surface area contributed by atoms with E-state index in [-0.39, 0.29) is 6.04 Å². The minimum absolute atomic E-state index is 0.263. The fourth-order valence-electron chi connectivity index (χ4n) is 2.25. The van der Waals surface area contributed by atoms with Crippen LogP contribution in [0.2, 0.25) is 0 Å². The van der Waals surface area contributed by atoms with Gasteiger partial charge in [0, 0.05) is 11.6 Å². The van der Waals surface area contributed by atoms with Crippen LogP contribution in [0.25, 0.3) is 0 Å². The molecule has 1 unspecified atom stereocenters. The fourth-order valence-corrected chi connectivity index (χ4v) is 2.25. The standard InChI is InChI=1S/C18H23NO3/c1-4-11-22-14-7-5-13(6-8-14)18(19)16-10-9-15(20-2)12-17(16)21-3/h5-10,12,18H,4,11,19H2,1-3H3. The Morgan fingerprint density at radius 3 is 2.23 bits per heavy atom. The Kier molecular flexibility index (Phi) is 5.67. The van der Waals surface area contributed by atoms with E-state index in [2.05, 4.69) is 6.92 Å². The summed E-state index contributed by atoms with van der Waals surface area (Å²) in [5, 5.41) is 0. The van der Waals surface area contributed by atoms with Gasteiger partial charge in [0.1, 0.15) is 17.2 Å². The Morgan fingerprint density at radius 1 is 0.955 bits per heavy atom. The highest BCUT2D eigenvalue weighted by atomic mass is 16.5. The van der Waals surface area contributed by atoms with Crippen molar-refractivity contribution in [3.05, 3.63) is 53.6 Å². The normalized spacial score (nSPS) is 11.8. The summed E-state index contributed by atoms with van der Waals surface area (Å²) < 4.78 is 16.2. The molecule has 0 aliphatic carbocycles. The lowest BCUT2D eigenvalue weighted by Crippen LogP contribution is -2.13. The third-order valence-corrected chi connectivity index (χ3v) is 3.49. The molecule has 0 bridgehead atoms. The topological polar surface area (TPSA) is 53.7 Å². The summed E-state index contributed by atoms with van der Waals surface area (Å²) in [6.07, 6.45) is 0.990. The third kappa shape index (κ3) is 3.71. The van der Waals surface area contributed by atoms with Crippen LogP contribution < -0.4 is 19.9 Å². The number of benzene rings is 2. The average molecular weight is 301 g/mol. The van der Waals surface area contributed by atoms with Gasteiger partial charge in [-0.2, -0.15) is 0 Å². The number of hydrogen-bond donors (Lipinski definition) is 1. The molecule has 0 spiro atoms. The summed E-state index contributed by atoms with van der Waals surface area (Å²) in [6.45, 7) is 2.80. The Morgan fingerprint density at radius 2 is 1.64 bits per heavy atom. The summed E-state index contributed by atoms with van der Waals surface area (Å²) >= 11 is 0. The third-order valence-electron chi connectivity index (χ3n) is 3.49. The highest BCUT2D eigenvalue weighted by molar-refractivity contribution is 5.46. The molecule has 0 amide bonds. The molecule has 0 saturated heterocycles. The summed E-state index contributed by atoms with van der Waals surface area (Å²) in [4.78, 5) is 0. The zero-order valence-electron chi connectivity index (χ0n) is 13.3. The molecule has 118 valence electrons. The molecule has 0 fully saturated rings. The van der Waals surface area contributed by atoms with E-state index in [1.54, 1.807) is 14.2 Å². The summed E-state index contributed by atoms with van der Waals surface area (Å²) in [5.41, 5.74) is 8.30. The van der Waals surface area contributed by atoms with Crippen LogP contribution in [-0.2, 0) is 0 Å². The van der Waals surface area contributed by atoms with Crippen molar-refractivity contribution in [3.63, 3.8) is 0 Å². The van der Waals surface area contributed by atoms with Gasteiger partial charge in [0.2, 0.25) is 0 Å². The molecule has 0 radical (unpaired) electrons. The maximum absolute atomic E-state index is 6.37. The van der Waals surface area contributed by atoms with E-state index in [9.17, 15) is 0 Å². The van der Waals surface area contributed by atoms with Gasteiger partial charge in [-0.1, -0.05) is 19.1 Å². The molecule has 1 atom stereocenters. The predicted octanol–water partition coefficient (Wildman–Crippen LogP) is 3.54. The number of hydrogen-bond acceptors (Lipinski definition) is 4. The van der Waals surface area contributed by atoms with E-state index in [1.807, 2.05) is 42.5 Å². The van der Waals surface area contributed by atoms with Gasteiger partial charge < -0.3 is 19.9 Å². The zero-order valence-corrected chi connectivity index (χ0v) is 13.3. The van der Waals surface area contributed by atoms with Gasteiger partial charge in [-0.15, -0.1) is 0 Å². The van der Waals surface area contributed by atoms with Crippen molar-refractivity contribution in [1.82, 2.24) is 0 Å². The van der Waals surface area contributed by atoms with Crippen molar-refractivity contribution in [1.29, 1.82) is 0 Å². The van der Waals surface area contributed by atoms with Crippen LogP contribution in [0.5, 0.6) is 17.2 Å². The van der Waals surface area contributed by atoms with Gasteiger partial charge in [-0.3, -0.25) is 0 Å². The Balaban J connectivity index is 2.22. The van der Waals surface area contributed by atoms with Gasteiger partial charge >= 0.3 is 0 Å². The number of ether oxygens (including phenoxy) is 3. The van der Waals surface area contributed by atoms with Crippen LogP contribution in [-0.4, -0.2) is 20.8 Å². The van der Waals surface area contributed by atoms with Crippen LogP contribution in [0.15, 0.2) is 42.5 Å². The fraction of sp³-hybridized carbons (Fsp3) is 0.333. The Hall–Kier alpha value is -2.20. The quantitative estimate of drug-likeness (QED) is 0.850. The maximum Gasteiger partial charge on any atom is 0.127 e. The number of nitrogens with two attached hydrogens (primary N) is 1. The van der Waals surface area contributed by atoms with Gasteiger partial charge in [0.05, 0.1) is 26.9 Å². The Bertz CT molecular complexity index is 596. The molecule has 0 heterocycles. The van der Waals surface area contributed by atoms with Crippen molar-refractivity contribution in [2.45, 2.75) is 19.4 Å². The number of methoxy groups -OCH3 is 2. The van der Waals surface area contributed by atoms with E-state index in [4.69, 9.17) is 19.9 Å². The van der Waals surface area contributed by atoms with Crippen LogP contribution in [0.1, 0.15) is 30.5 Å². The number of rotatable bonds is 7. The Labute approximate surface area is 131 Å². The first-order valence-electron chi connectivity index (χ1n) is 7.39. The van der Waals surface area contributed by atoms with Gasteiger partial charge in [-0.25, -0.2) is 0 Å². The van der Waals surface area contributed by atoms with Gasteiger partial charge in [-0.05, 0) is 36.2 Å². The lowest BCUT2D eigenvalue weighted by molar-refractivity contribution is 0.317.